The number of carbonyl (C=O) groups is 2. The quantitative estimate of drug-likeness (QED) is 0.735. The zero-order valence-corrected chi connectivity index (χ0v) is 7.23. The molecule has 80 valence electrons. The van der Waals surface area contributed by atoms with Crippen LogP contribution in [0.1, 0.15) is 12.8 Å². The highest BCUT2D eigenvalue weighted by molar-refractivity contribution is 5.96. The van der Waals surface area contributed by atoms with Crippen molar-refractivity contribution in [2.75, 3.05) is 13.1 Å². The summed E-state index contributed by atoms with van der Waals surface area (Å²) in [5.41, 5.74) is 0. The van der Waals surface area contributed by atoms with Crippen LogP contribution in [0.5, 0.6) is 0 Å². The first-order valence-electron chi connectivity index (χ1n) is 4.04. The molecule has 0 spiro atoms. The molecule has 1 aliphatic heterocycles. The summed E-state index contributed by atoms with van der Waals surface area (Å²) in [6.07, 6.45) is -5.26. The number of nitrogens with zero attached hydrogens (tertiary/aromatic N) is 1. The average molecular weight is 210 g/mol. The summed E-state index contributed by atoms with van der Waals surface area (Å²) >= 11 is 0. The molecule has 1 N–H and O–H groups in total. The summed E-state index contributed by atoms with van der Waals surface area (Å²) in [4.78, 5) is 22.6. The van der Waals surface area contributed by atoms with E-state index < -0.39 is 31.1 Å². The fourth-order valence-electron chi connectivity index (χ4n) is 1.07. The topological polar surface area (TPSA) is 49.4 Å². The lowest BCUT2D eigenvalue weighted by Crippen LogP contribution is -2.50. The highest BCUT2D eigenvalue weighted by Gasteiger charge is 2.30. The second-order valence-corrected chi connectivity index (χ2v) is 2.96. The van der Waals surface area contributed by atoms with Gasteiger partial charge in [0.25, 0.3) is 0 Å². The molecule has 1 saturated heterocycles. The maximum atomic E-state index is 11.8. The molecule has 1 fully saturated rings. The molecule has 4 nitrogen and oxygen atoms in total. The Balaban J connectivity index is 2.39. The summed E-state index contributed by atoms with van der Waals surface area (Å²) in [7, 11) is 0. The normalized spacial score (nSPS) is 18.4. The molecule has 3 amide bonds. The Morgan fingerprint density at radius 2 is 2.00 bits per heavy atom. The smallest absolute Gasteiger partial charge is 0.324 e. The van der Waals surface area contributed by atoms with E-state index in [-0.39, 0.29) is 13.0 Å². The van der Waals surface area contributed by atoms with Gasteiger partial charge in [0.05, 0.1) is 6.42 Å². The van der Waals surface area contributed by atoms with Gasteiger partial charge in [-0.1, -0.05) is 0 Å². The van der Waals surface area contributed by atoms with Gasteiger partial charge < -0.3 is 4.90 Å². The predicted molar refractivity (Wildman–Crippen MR) is 40.4 cm³/mol. The van der Waals surface area contributed by atoms with Gasteiger partial charge >= 0.3 is 12.2 Å². The SMILES string of the molecule is O=C1CCN(CCC(F)(F)F)C(=O)N1. The number of hydrogen-bond acceptors (Lipinski definition) is 2. The van der Waals surface area contributed by atoms with Gasteiger partial charge in [-0.15, -0.1) is 0 Å². The van der Waals surface area contributed by atoms with Crippen molar-refractivity contribution < 1.29 is 22.8 Å². The lowest BCUT2D eigenvalue weighted by molar-refractivity contribution is -0.137. The predicted octanol–water partition coefficient (Wildman–Crippen LogP) is 0.881. The summed E-state index contributed by atoms with van der Waals surface area (Å²) in [5.74, 6) is -0.446. The van der Waals surface area contributed by atoms with Crippen molar-refractivity contribution in [3.63, 3.8) is 0 Å². The van der Waals surface area contributed by atoms with Crippen molar-refractivity contribution >= 4 is 11.9 Å². The number of amides is 3. The Bertz CT molecular complexity index is 252. The number of rotatable bonds is 2. The minimum absolute atomic E-state index is 0.0563. The molecule has 1 rings (SSSR count). The van der Waals surface area contributed by atoms with Crippen LogP contribution in [0.2, 0.25) is 0 Å². The Hall–Kier alpha value is -1.27. The number of nitrogens with one attached hydrogen (secondary N) is 1. The summed E-state index contributed by atoms with van der Waals surface area (Å²) in [5, 5.41) is 1.95. The Morgan fingerprint density at radius 3 is 2.50 bits per heavy atom. The fourth-order valence-corrected chi connectivity index (χ4v) is 1.07. The number of imide groups is 1. The number of alkyl halides is 3. The molecular formula is C7H9F3N2O2. The third-order valence-electron chi connectivity index (χ3n) is 1.81. The Kier molecular flexibility index (Phi) is 2.97. The number of halogens is 3. The van der Waals surface area contributed by atoms with Crippen LogP contribution in [0, 0.1) is 0 Å². The van der Waals surface area contributed by atoms with Gasteiger partial charge in [0.1, 0.15) is 0 Å². The van der Waals surface area contributed by atoms with E-state index in [0.29, 0.717) is 0 Å². The summed E-state index contributed by atoms with van der Waals surface area (Å²) < 4.78 is 35.4. The maximum absolute atomic E-state index is 11.8. The molecule has 0 unspecified atom stereocenters. The third kappa shape index (κ3) is 3.23. The molecule has 0 aromatic carbocycles. The molecule has 14 heavy (non-hydrogen) atoms. The van der Waals surface area contributed by atoms with E-state index >= 15 is 0 Å². The molecule has 0 radical (unpaired) electrons. The molecule has 0 aromatic rings. The molecule has 0 bridgehead atoms. The van der Waals surface area contributed by atoms with E-state index in [9.17, 15) is 22.8 Å². The van der Waals surface area contributed by atoms with Crippen LogP contribution in [0.3, 0.4) is 0 Å². The molecule has 1 aliphatic rings. The van der Waals surface area contributed by atoms with E-state index in [1.54, 1.807) is 0 Å². The van der Waals surface area contributed by atoms with Gasteiger partial charge in [-0.05, 0) is 0 Å². The van der Waals surface area contributed by atoms with Crippen LogP contribution in [-0.2, 0) is 4.79 Å². The maximum Gasteiger partial charge on any atom is 0.390 e. The van der Waals surface area contributed by atoms with Crippen molar-refractivity contribution in [3.8, 4) is 0 Å². The van der Waals surface area contributed by atoms with Crippen LogP contribution < -0.4 is 5.32 Å². The molecule has 0 atom stereocenters. The lowest BCUT2D eigenvalue weighted by Gasteiger charge is -2.26. The minimum Gasteiger partial charge on any atom is -0.324 e. The van der Waals surface area contributed by atoms with Gasteiger partial charge in [-0.3, -0.25) is 10.1 Å². The van der Waals surface area contributed by atoms with Gasteiger partial charge in [0.15, 0.2) is 0 Å². The van der Waals surface area contributed by atoms with E-state index in [4.69, 9.17) is 0 Å². The van der Waals surface area contributed by atoms with Crippen LogP contribution in [0.25, 0.3) is 0 Å². The summed E-state index contributed by atoms with van der Waals surface area (Å²) in [6, 6.07) is -0.745. The second-order valence-electron chi connectivity index (χ2n) is 2.96. The van der Waals surface area contributed by atoms with Crippen LogP contribution in [-0.4, -0.2) is 36.1 Å². The van der Waals surface area contributed by atoms with Crippen LogP contribution in [0.4, 0.5) is 18.0 Å². The van der Waals surface area contributed by atoms with Gasteiger partial charge in [0, 0.05) is 19.5 Å². The fraction of sp³-hybridized carbons (Fsp3) is 0.714. The highest BCUT2D eigenvalue weighted by atomic mass is 19.4. The first kappa shape index (κ1) is 10.8. The number of hydrogen-bond donors (Lipinski definition) is 1. The largest absolute Gasteiger partial charge is 0.390 e. The molecule has 0 aromatic heterocycles. The average Bonchev–Trinajstić information content (AvgIpc) is 2.00. The van der Waals surface area contributed by atoms with E-state index in [1.807, 2.05) is 5.32 Å². The Morgan fingerprint density at radius 1 is 1.36 bits per heavy atom. The Labute approximate surface area is 78.1 Å². The lowest BCUT2D eigenvalue weighted by atomic mass is 10.3. The van der Waals surface area contributed by atoms with Crippen LogP contribution >= 0.6 is 0 Å². The van der Waals surface area contributed by atoms with Crippen molar-refractivity contribution in [1.29, 1.82) is 0 Å². The van der Waals surface area contributed by atoms with Gasteiger partial charge in [0.2, 0.25) is 5.91 Å². The van der Waals surface area contributed by atoms with Gasteiger partial charge in [-0.25, -0.2) is 4.79 Å². The molecule has 1 heterocycles. The van der Waals surface area contributed by atoms with E-state index in [1.165, 1.54) is 0 Å². The minimum atomic E-state index is -4.28. The first-order valence-corrected chi connectivity index (χ1v) is 4.04. The second kappa shape index (κ2) is 3.85. The number of urea groups is 1. The van der Waals surface area contributed by atoms with Crippen molar-refractivity contribution in [3.05, 3.63) is 0 Å². The third-order valence-corrected chi connectivity index (χ3v) is 1.81. The highest BCUT2D eigenvalue weighted by Crippen LogP contribution is 2.20. The zero-order chi connectivity index (χ0) is 10.8. The van der Waals surface area contributed by atoms with E-state index in [0.717, 1.165) is 4.90 Å². The summed E-state index contributed by atoms with van der Waals surface area (Å²) in [6.45, 7) is -0.344. The monoisotopic (exact) mass is 210 g/mol. The molecule has 7 heteroatoms. The molecular weight excluding hydrogens is 201 g/mol. The van der Waals surface area contributed by atoms with Crippen LogP contribution in [0.15, 0.2) is 0 Å². The van der Waals surface area contributed by atoms with Gasteiger partial charge in [-0.2, -0.15) is 13.2 Å². The zero-order valence-electron chi connectivity index (χ0n) is 7.23. The van der Waals surface area contributed by atoms with Crippen molar-refractivity contribution in [1.82, 2.24) is 10.2 Å². The molecule has 0 saturated carbocycles. The van der Waals surface area contributed by atoms with Crippen molar-refractivity contribution in [2.24, 2.45) is 0 Å². The van der Waals surface area contributed by atoms with Crippen molar-refractivity contribution in [2.45, 2.75) is 19.0 Å². The molecule has 0 aliphatic carbocycles. The van der Waals surface area contributed by atoms with E-state index in [2.05, 4.69) is 0 Å². The number of carbonyl (C=O) groups excluding carboxylic acids is 2. The standard InChI is InChI=1S/C7H9F3N2O2/c8-7(9,10)2-4-12-3-1-5(13)11-6(12)14/h1-4H2,(H,11,13,14). The first-order chi connectivity index (χ1) is 6.38.